The van der Waals surface area contributed by atoms with E-state index in [-0.39, 0.29) is 12.2 Å². The first-order valence-corrected chi connectivity index (χ1v) is 8.59. The molecule has 1 aliphatic heterocycles. The molecule has 0 bridgehead atoms. The highest BCUT2D eigenvalue weighted by atomic mass is 16.2. The van der Waals surface area contributed by atoms with Gasteiger partial charge in [-0.25, -0.2) is 0 Å². The van der Waals surface area contributed by atoms with E-state index < -0.39 is 0 Å². The topological polar surface area (TPSA) is 35.6 Å². The standard InChI is InChI=1S/C17H33N3O/c1-11(2)9-15-17(21)20(16(18-15)12(3)4)10-13(5)19(6)14-7-8-14/h11-16,18H,7-10H2,1-6H3. The molecule has 122 valence electrons. The molecule has 0 spiro atoms. The highest BCUT2D eigenvalue weighted by Gasteiger charge is 2.41. The normalized spacial score (nSPS) is 28.2. The van der Waals surface area contributed by atoms with E-state index in [0.29, 0.717) is 23.8 Å². The number of hydrogen-bond donors (Lipinski definition) is 1. The van der Waals surface area contributed by atoms with Crippen LogP contribution in [0.1, 0.15) is 53.9 Å². The van der Waals surface area contributed by atoms with E-state index in [4.69, 9.17) is 0 Å². The van der Waals surface area contributed by atoms with Gasteiger partial charge in [0.1, 0.15) is 0 Å². The van der Waals surface area contributed by atoms with Crippen LogP contribution in [0.3, 0.4) is 0 Å². The van der Waals surface area contributed by atoms with Gasteiger partial charge in [-0.05, 0) is 45.1 Å². The molecular formula is C17H33N3O. The minimum atomic E-state index is 0.0100. The Hall–Kier alpha value is -0.610. The van der Waals surface area contributed by atoms with Gasteiger partial charge >= 0.3 is 0 Å². The van der Waals surface area contributed by atoms with Gasteiger partial charge in [0.05, 0.1) is 12.2 Å². The fraction of sp³-hybridized carbons (Fsp3) is 0.941. The van der Waals surface area contributed by atoms with E-state index >= 15 is 0 Å². The van der Waals surface area contributed by atoms with Crippen molar-refractivity contribution in [3.8, 4) is 0 Å². The van der Waals surface area contributed by atoms with E-state index in [1.54, 1.807) is 0 Å². The molecule has 0 aromatic heterocycles. The first kappa shape index (κ1) is 16.8. The van der Waals surface area contributed by atoms with Crippen LogP contribution in [0.4, 0.5) is 0 Å². The minimum Gasteiger partial charge on any atom is -0.324 e. The largest absolute Gasteiger partial charge is 0.324 e. The number of carbonyl (C=O) groups is 1. The summed E-state index contributed by atoms with van der Waals surface area (Å²) in [5, 5.41) is 3.57. The van der Waals surface area contributed by atoms with E-state index in [2.05, 4.69) is 56.8 Å². The number of rotatable bonds is 7. The molecule has 4 nitrogen and oxygen atoms in total. The lowest BCUT2D eigenvalue weighted by atomic mass is 10.0. The van der Waals surface area contributed by atoms with Crippen LogP contribution in [0.5, 0.6) is 0 Å². The van der Waals surface area contributed by atoms with Crippen molar-refractivity contribution in [2.75, 3.05) is 13.6 Å². The molecule has 2 rings (SSSR count). The number of nitrogens with one attached hydrogen (secondary N) is 1. The highest BCUT2D eigenvalue weighted by molar-refractivity contribution is 5.84. The van der Waals surface area contributed by atoms with Crippen molar-refractivity contribution in [1.29, 1.82) is 0 Å². The SMILES string of the molecule is CC(C)CC1NC(C(C)C)N(CC(C)N(C)C2CC2)C1=O. The van der Waals surface area contributed by atoms with E-state index in [0.717, 1.165) is 19.0 Å². The van der Waals surface area contributed by atoms with Crippen LogP contribution in [0.25, 0.3) is 0 Å². The summed E-state index contributed by atoms with van der Waals surface area (Å²) < 4.78 is 0. The van der Waals surface area contributed by atoms with Crippen LogP contribution in [0.2, 0.25) is 0 Å². The molecule has 2 aliphatic rings. The second kappa shape index (κ2) is 6.66. The zero-order valence-electron chi connectivity index (χ0n) is 14.6. The van der Waals surface area contributed by atoms with Gasteiger partial charge in [0.15, 0.2) is 0 Å². The average Bonchev–Trinajstić information content (AvgIpc) is 3.18. The third-order valence-electron chi connectivity index (χ3n) is 4.91. The molecule has 21 heavy (non-hydrogen) atoms. The van der Waals surface area contributed by atoms with Gasteiger partial charge in [-0.15, -0.1) is 0 Å². The van der Waals surface area contributed by atoms with Crippen molar-refractivity contribution < 1.29 is 4.79 Å². The predicted octanol–water partition coefficient (Wildman–Crippen LogP) is 2.30. The average molecular weight is 295 g/mol. The summed E-state index contributed by atoms with van der Waals surface area (Å²) in [6, 6.07) is 1.19. The van der Waals surface area contributed by atoms with Crippen LogP contribution >= 0.6 is 0 Å². The molecule has 1 aliphatic carbocycles. The van der Waals surface area contributed by atoms with Crippen molar-refractivity contribution in [2.24, 2.45) is 11.8 Å². The second-order valence-electron chi connectivity index (χ2n) is 7.77. The lowest BCUT2D eigenvalue weighted by Gasteiger charge is -2.33. The van der Waals surface area contributed by atoms with Crippen molar-refractivity contribution in [1.82, 2.24) is 15.1 Å². The van der Waals surface area contributed by atoms with Gasteiger partial charge in [0.25, 0.3) is 0 Å². The Balaban J connectivity index is 2.01. The van der Waals surface area contributed by atoms with Crippen LogP contribution in [-0.4, -0.2) is 53.6 Å². The van der Waals surface area contributed by atoms with Crippen molar-refractivity contribution >= 4 is 5.91 Å². The Morgan fingerprint density at radius 1 is 1.24 bits per heavy atom. The third-order valence-corrected chi connectivity index (χ3v) is 4.91. The molecule has 2 fully saturated rings. The van der Waals surface area contributed by atoms with Crippen LogP contribution in [-0.2, 0) is 4.79 Å². The van der Waals surface area contributed by atoms with E-state index in [1.165, 1.54) is 12.8 Å². The van der Waals surface area contributed by atoms with Gasteiger partial charge < -0.3 is 4.90 Å². The number of carbonyl (C=O) groups excluding carboxylic acids is 1. The Kier molecular flexibility index (Phi) is 5.31. The number of hydrogen-bond acceptors (Lipinski definition) is 3. The third kappa shape index (κ3) is 3.98. The summed E-state index contributed by atoms with van der Waals surface area (Å²) in [6.07, 6.45) is 3.76. The Morgan fingerprint density at radius 3 is 2.33 bits per heavy atom. The van der Waals surface area contributed by atoms with Gasteiger partial charge in [-0.2, -0.15) is 0 Å². The predicted molar refractivity (Wildman–Crippen MR) is 87.0 cm³/mol. The fourth-order valence-corrected chi connectivity index (χ4v) is 3.36. The Morgan fingerprint density at radius 2 is 1.86 bits per heavy atom. The molecular weight excluding hydrogens is 262 g/mol. The Labute approximate surface area is 130 Å². The van der Waals surface area contributed by atoms with Crippen molar-refractivity contribution in [3.05, 3.63) is 0 Å². The second-order valence-corrected chi connectivity index (χ2v) is 7.77. The quantitative estimate of drug-likeness (QED) is 0.783. The molecule has 0 aromatic rings. The lowest BCUT2D eigenvalue weighted by molar-refractivity contribution is -0.131. The summed E-state index contributed by atoms with van der Waals surface area (Å²) in [5.74, 6) is 1.30. The van der Waals surface area contributed by atoms with Gasteiger partial charge in [-0.3, -0.25) is 15.0 Å². The smallest absolute Gasteiger partial charge is 0.241 e. The molecule has 0 radical (unpaired) electrons. The zero-order chi connectivity index (χ0) is 15.7. The molecule has 3 atom stereocenters. The number of amides is 1. The summed E-state index contributed by atoms with van der Waals surface area (Å²) >= 11 is 0. The van der Waals surface area contributed by atoms with Crippen molar-refractivity contribution in [3.63, 3.8) is 0 Å². The zero-order valence-corrected chi connectivity index (χ0v) is 14.6. The van der Waals surface area contributed by atoms with E-state index in [1.807, 2.05) is 0 Å². The molecule has 3 unspecified atom stereocenters. The monoisotopic (exact) mass is 295 g/mol. The van der Waals surface area contributed by atoms with Crippen LogP contribution in [0, 0.1) is 11.8 Å². The summed E-state index contributed by atoms with van der Waals surface area (Å²) in [4.78, 5) is 17.3. The Bertz CT molecular complexity index is 365. The number of nitrogens with zero attached hydrogens (tertiary/aromatic N) is 2. The molecule has 1 saturated carbocycles. The molecule has 1 saturated heterocycles. The van der Waals surface area contributed by atoms with Crippen molar-refractivity contribution in [2.45, 2.75) is 78.2 Å². The van der Waals surface area contributed by atoms with Crippen LogP contribution < -0.4 is 5.32 Å². The minimum absolute atomic E-state index is 0.0100. The number of likely N-dealkylation sites (N-methyl/N-ethyl adjacent to an activating group) is 1. The molecule has 1 N–H and O–H groups in total. The maximum Gasteiger partial charge on any atom is 0.241 e. The highest BCUT2D eigenvalue weighted by Crippen LogP contribution is 2.28. The first-order valence-electron chi connectivity index (χ1n) is 8.59. The maximum absolute atomic E-state index is 12.7. The molecule has 4 heteroatoms. The fourth-order valence-electron chi connectivity index (χ4n) is 3.36. The summed E-state index contributed by atoms with van der Waals surface area (Å²) in [7, 11) is 2.20. The molecule has 1 heterocycles. The molecule has 0 aromatic carbocycles. The van der Waals surface area contributed by atoms with Gasteiger partial charge in [0.2, 0.25) is 5.91 Å². The maximum atomic E-state index is 12.7. The summed E-state index contributed by atoms with van der Waals surface area (Å²) in [6.45, 7) is 11.9. The van der Waals surface area contributed by atoms with E-state index in [9.17, 15) is 4.79 Å². The summed E-state index contributed by atoms with van der Waals surface area (Å²) in [5.41, 5.74) is 0. The lowest BCUT2D eigenvalue weighted by Crippen LogP contribution is -2.48. The van der Waals surface area contributed by atoms with Gasteiger partial charge in [0, 0.05) is 18.6 Å². The first-order chi connectivity index (χ1) is 9.81. The molecule has 1 amide bonds. The van der Waals surface area contributed by atoms with Gasteiger partial charge in [-0.1, -0.05) is 27.7 Å². The van der Waals surface area contributed by atoms with Crippen LogP contribution in [0.15, 0.2) is 0 Å².